The average Bonchev–Trinajstić information content (AvgIpc) is 2.94. The van der Waals surface area contributed by atoms with Gasteiger partial charge in [0.25, 0.3) is 0 Å². The molecule has 0 saturated heterocycles. The third-order valence-electron chi connectivity index (χ3n) is 2.62. The van der Waals surface area contributed by atoms with E-state index in [1.165, 1.54) is 6.20 Å². The normalized spacial score (nSPS) is 9.13. The molecule has 0 fully saturated rings. The number of hydrogen-bond acceptors (Lipinski definition) is 4. The Hall–Kier alpha value is -2.01. The fraction of sp³-hybridized carbons (Fsp3) is 0.412. The average molecular weight is 340 g/mol. The molecule has 0 unspecified atom stereocenters. The first-order chi connectivity index (χ1) is 11.1. The van der Waals surface area contributed by atoms with Gasteiger partial charge < -0.3 is 10.5 Å². The minimum absolute atomic E-state index is 0.288. The molecule has 128 valence electrons. The van der Waals surface area contributed by atoms with Gasteiger partial charge in [-0.05, 0) is 24.6 Å². The first-order valence-electron chi connectivity index (χ1n) is 7.84. The van der Waals surface area contributed by atoms with Crippen LogP contribution in [0, 0.1) is 0 Å². The number of nitrogens with two attached hydrogens (primary N) is 1. The van der Waals surface area contributed by atoms with Crippen LogP contribution in [0.3, 0.4) is 0 Å². The molecule has 0 radical (unpaired) electrons. The number of carbonyl (C=O) groups excluding carboxylic acids is 1. The van der Waals surface area contributed by atoms with E-state index in [0.717, 1.165) is 5.56 Å². The first-order valence-corrected chi connectivity index (χ1v) is 8.22. The van der Waals surface area contributed by atoms with Gasteiger partial charge in [0, 0.05) is 5.02 Å². The molecule has 0 aliphatic carbocycles. The Bertz CT molecular complexity index is 580. The minimum atomic E-state index is -0.456. The standard InChI is InChI=1S/C13H14ClN3O2.2C2H6/c1-2-19-13(18)11-7-16-17(12(11)15)8-9-3-5-10(14)6-4-9;2*1-2/h3-7H,2,8,15H2,1H3;2*1-2H3. The molecule has 0 aliphatic heterocycles. The highest BCUT2D eigenvalue weighted by Gasteiger charge is 2.16. The highest BCUT2D eigenvalue weighted by Crippen LogP contribution is 2.16. The van der Waals surface area contributed by atoms with Crippen LogP contribution in [-0.2, 0) is 11.3 Å². The molecule has 2 rings (SSSR count). The fourth-order valence-corrected chi connectivity index (χ4v) is 1.78. The molecule has 6 heteroatoms. The van der Waals surface area contributed by atoms with Gasteiger partial charge in [-0.15, -0.1) is 0 Å². The van der Waals surface area contributed by atoms with Crippen molar-refractivity contribution in [1.29, 1.82) is 0 Å². The molecular weight excluding hydrogens is 314 g/mol. The maximum Gasteiger partial charge on any atom is 0.343 e. The molecule has 2 N–H and O–H groups in total. The quantitative estimate of drug-likeness (QED) is 0.838. The smallest absolute Gasteiger partial charge is 0.343 e. The van der Waals surface area contributed by atoms with Crippen molar-refractivity contribution in [3.8, 4) is 0 Å². The van der Waals surface area contributed by atoms with Gasteiger partial charge >= 0.3 is 5.97 Å². The molecule has 0 saturated carbocycles. The Kier molecular flexibility index (Phi) is 10.5. The zero-order valence-electron chi connectivity index (χ0n) is 14.5. The number of nitrogen functional groups attached to an aromatic ring is 1. The summed E-state index contributed by atoms with van der Waals surface area (Å²) in [6.07, 6.45) is 1.42. The second kappa shape index (κ2) is 11.5. The van der Waals surface area contributed by atoms with Crippen molar-refractivity contribution in [2.45, 2.75) is 41.2 Å². The summed E-state index contributed by atoms with van der Waals surface area (Å²) < 4.78 is 6.45. The molecule has 1 aromatic carbocycles. The van der Waals surface area contributed by atoms with Gasteiger partial charge in [-0.3, -0.25) is 0 Å². The number of halogens is 1. The van der Waals surface area contributed by atoms with Gasteiger partial charge in [0.2, 0.25) is 0 Å². The van der Waals surface area contributed by atoms with Crippen molar-refractivity contribution in [1.82, 2.24) is 9.78 Å². The van der Waals surface area contributed by atoms with Gasteiger partial charge in [0.15, 0.2) is 0 Å². The highest BCUT2D eigenvalue weighted by molar-refractivity contribution is 6.30. The molecule has 23 heavy (non-hydrogen) atoms. The number of rotatable bonds is 4. The number of nitrogens with zero attached hydrogens (tertiary/aromatic N) is 2. The molecule has 2 aromatic rings. The number of ether oxygens (including phenoxy) is 1. The largest absolute Gasteiger partial charge is 0.462 e. The molecule has 1 heterocycles. The summed E-state index contributed by atoms with van der Waals surface area (Å²) in [5, 5.41) is 4.77. The predicted molar refractivity (Wildman–Crippen MR) is 95.8 cm³/mol. The van der Waals surface area contributed by atoms with Crippen molar-refractivity contribution in [2.75, 3.05) is 12.3 Å². The Morgan fingerprint density at radius 2 is 1.78 bits per heavy atom. The number of aromatic nitrogens is 2. The third-order valence-corrected chi connectivity index (χ3v) is 2.87. The molecule has 0 amide bonds. The third kappa shape index (κ3) is 6.32. The number of hydrogen-bond donors (Lipinski definition) is 1. The monoisotopic (exact) mass is 339 g/mol. The van der Waals surface area contributed by atoms with Crippen molar-refractivity contribution in [2.24, 2.45) is 0 Å². The second-order valence-electron chi connectivity index (χ2n) is 3.95. The summed E-state index contributed by atoms with van der Waals surface area (Å²) >= 11 is 5.82. The maximum absolute atomic E-state index is 11.6. The number of carbonyl (C=O) groups is 1. The Morgan fingerprint density at radius 3 is 2.30 bits per heavy atom. The summed E-state index contributed by atoms with van der Waals surface area (Å²) in [4.78, 5) is 11.6. The summed E-state index contributed by atoms with van der Waals surface area (Å²) in [5.74, 6) is -0.157. The molecule has 1 aromatic heterocycles. The summed E-state index contributed by atoms with van der Waals surface area (Å²) in [5.41, 5.74) is 7.17. The summed E-state index contributed by atoms with van der Waals surface area (Å²) in [6, 6.07) is 7.35. The first kappa shape index (κ1) is 21.0. The minimum Gasteiger partial charge on any atom is -0.462 e. The van der Waals surface area contributed by atoms with Crippen LogP contribution >= 0.6 is 11.6 Å². The zero-order valence-corrected chi connectivity index (χ0v) is 15.2. The molecule has 0 aliphatic rings. The molecule has 0 spiro atoms. The van der Waals surface area contributed by atoms with E-state index in [2.05, 4.69) is 5.10 Å². The zero-order chi connectivity index (χ0) is 17.8. The fourth-order valence-electron chi connectivity index (χ4n) is 1.65. The van der Waals surface area contributed by atoms with E-state index in [0.29, 0.717) is 24.0 Å². The van der Waals surface area contributed by atoms with E-state index in [1.807, 2.05) is 39.8 Å². The van der Waals surface area contributed by atoms with E-state index in [9.17, 15) is 4.79 Å². The predicted octanol–water partition coefficient (Wildman–Crippen LogP) is 4.40. The Balaban J connectivity index is 0.00000112. The van der Waals surface area contributed by atoms with Crippen LogP contribution in [-0.4, -0.2) is 22.4 Å². The Labute approximate surface area is 143 Å². The molecule has 5 nitrogen and oxygen atoms in total. The van der Waals surface area contributed by atoms with Crippen molar-refractivity contribution in [3.63, 3.8) is 0 Å². The highest BCUT2D eigenvalue weighted by atomic mass is 35.5. The molecular formula is C17H26ClN3O2. The molecule has 0 atom stereocenters. The molecule has 0 bridgehead atoms. The van der Waals surface area contributed by atoms with Crippen molar-refractivity contribution >= 4 is 23.4 Å². The maximum atomic E-state index is 11.6. The van der Waals surface area contributed by atoms with Crippen LogP contribution in [0.25, 0.3) is 0 Å². The van der Waals surface area contributed by atoms with E-state index in [1.54, 1.807) is 23.7 Å². The topological polar surface area (TPSA) is 70.1 Å². The lowest BCUT2D eigenvalue weighted by molar-refractivity contribution is 0.0527. The van der Waals surface area contributed by atoms with E-state index >= 15 is 0 Å². The van der Waals surface area contributed by atoms with E-state index in [4.69, 9.17) is 22.1 Å². The van der Waals surface area contributed by atoms with Gasteiger partial charge in [-0.25, -0.2) is 9.48 Å². The lowest BCUT2D eigenvalue weighted by atomic mass is 10.2. The van der Waals surface area contributed by atoms with Crippen LogP contribution < -0.4 is 5.73 Å². The summed E-state index contributed by atoms with van der Waals surface area (Å²) in [7, 11) is 0. The van der Waals surface area contributed by atoms with E-state index in [-0.39, 0.29) is 5.56 Å². The van der Waals surface area contributed by atoms with Crippen LogP contribution in [0.4, 0.5) is 5.82 Å². The number of esters is 1. The SMILES string of the molecule is CC.CC.CCOC(=O)c1cnn(Cc2ccc(Cl)cc2)c1N. The van der Waals surface area contributed by atoms with Gasteiger partial charge in [0.1, 0.15) is 11.4 Å². The van der Waals surface area contributed by atoms with Crippen LogP contribution in [0.2, 0.25) is 5.02 Å². The van der Waals surface area contributed by atoms with Crippen LogP contribution in [0.15, 0.2) is 30.5 Å². The van der Waals surface area contributed by atoms with Crippen LogP contribution in [0.5, 0.6) is 0 Å². The lowest BCUT2D eigenvalue weighted by Gasteiger charge is -2.05. The second-order valence-corrected chi connectivity index (χ2v) is 4.38. The number of anilines is 1. The van der Waals surface area contributed by atoms with Gasteiger partial charge in [-0.2, -0.15) is 5.10 Å². The lowest BCUT2D eigenvalue weighted by Crippen LogP contribution is -2.10. The van der Waals surface area contributed by atoms with Crippen molar-refractivity contribution in [3.05, 3.63) is 46.6 Å². The van der Waals surface area contributed by atoms with Gasteiger partial charge in [-0.1, -0.05) is 51.4 Å². The Morgan fingerprint density at radius 1 is 1.22 bits per heavy atom. The summed E-state index contributed by atoms with van der Waals surface area (Å²) in [6.45, 7) is 10.5. The van der Waals surface area contributed by atoms with E-state index < -0.39 is 5.97 Å². The number of benzene rings is 1. The van der Waals surface area contributed by atoms with Crippen LogP contribution in [0.1, 0.15) is 50.5 Å². The van der Waals surface area contributed by atoms with Gasteiger partial charge in [0.05, 0.1) is 19.3 Å². The van der Waals surface area contributed by atoms with Crippen molar-refractivity contribution < 1.29 is 9.53 Å².